The molecule has 1 aromatic rings. The highest BCUT2D eigenvalue weighted by atomic mass is 16.2. The van der Waals surface area contributed by atoms with E-state index in [9.17, 15) is 9.59 Å². The number of aromatic nitrogens is 1. The molecule has 0 radical (unpaired) electrons. The number of urea groups is 1. The van der Waals surface area contributed by atoms with Crippen molar-refractivity contribution in [3.63, 3.8) is 0 Å². The predicted molar refractivity (Wildman–Crippen MR) is 78.9 cm³/mol. The number of nitrogens with one attached hydrogen (secondary N) is 1. The van der Waals surface area contributed by atoms with Gasteiger partial charge in [0.25, 0.3) is 0 Å². The molecule has 112 valence electrons. The SMILES string of the molecule is Cc1cccc(NC(=O)[C@@H]2CCCN2C(=O)N2CCC2)n1. The van der Waals surface area contributed by atoms with Crippen molar-refractivity contribution in [1.29, 1.82) is 0 Å². The van der Waals surface area contributed by atoms with Crippen LogP contribution in [0.3, 0.4) is 0 Å². The maximum atomic E-state index is 12.4. The number of anilines is 1. The first kappa shape index (κ1) is 13.9. The number of carbonyl (C=O) groups excluding carboxylic acids is 2. The normalized spacial score (nSPS) is 21.1. The molecule has 2 fully saturated rings. The molecule has 0 unspecified atom stereocenters. The lowest BCUT2D eigenvalue weighted by molar-refractivity contribution is -0.119. The molecule has 3 rings (SSSR count). The first-order chi connectivity index (χ1) is 10.1. The number of rotatable bonds is 2. The van der Waals surface area contributed by atoms with Gasteiger partial charge in [0.2, 0.25) is 5.91 Å². The molecule has 0 saturated carbocycles. The van der Waals surface area contributed by atoms with Crippen LogP contribution in [-0.2, 0) is 4.79 Å². The molecule has 2 aliphatic heterocycles. The zero-order valence-electron chi connectivity index (χ0n) is 12.2. The van der Waals surface area contributed by atoms with Crippen LogP contribution in [0.25, 0.3) is 0 Å². The van der Waals surface area contributed by atoms with Crippen LogP contribution < -0.4 is 5.32 Å². The molecule has 6 heteroatoms. The van der Waals surface area contributed by atoms with Crippen molar-refractivity contribution in [3.05, 3.63) is 23.9 Å². The average Bonchev–Trinajstić information content (AvgIpc) is 2.85. The van der Waals surface area contributed by atoms with Gasteiger partial charge in [-0.25, -0.2) is 9.78 Å². The minimum Gasteiger partial charge on any atom is -0.325 e. The van der Waals surface area contributed by atoms with E-state index in [-0.39, 0.29) is 18.0 Å². The van der Waals surface area contributed by atoms with Crippen molar-refractivity contribution in [1.82, 2.24) is 14.8 Å². The van der Waals surface area contributed by atoms with E-state index < -0.39 is 0 Å². The Morgan fingerprint density at radius 3 is 2.71 bits per heavy atom. The van der Waals surface area contributed by atoms with E-state index in [1.54, 1.807) is 15.9 Å². The van der Waals surface area contributed by atoms with Gasteiger partial charge in [-0.1, -0.05) is 6.07 Å². The Morgan fingerprint density at radius 1 is 1.24 bits per heavy atom. The third-order valence-corrected chi connectivity index (χ3v) is 4.07. The highest BCUT2D eigenvalue weighted by Crippen LogP contribution is 2.22. The maximum Gasteiger partial charge on any atom is 0.320 e. The fourth-order valence-electron chi connectivity index (χ4n) is 2.78. The topological polar surface area (TPSA) is 65.5 Å². The van der Waals surface area contributed by atoms with Gasteiger partial charge in [-0.2, -0.15) is 0 Å². The van der Waals surface area contributed by atoms with Crippen molar-refractivity contribution in [2.75, 3.05) is 25.0 Å². The molecule has 1 N–H and O–H groups in total. The molecule has 0 bridgehead atoms. The standard InChI is InChI=1S/C15H20N4O2/c1-11-5-2-7-13(16-11)17-14(20)12-6-3-10-19(12)15(21)18-8-4-9-18/h2,5,7,12H,3-4,6,8-10H2,1H3,(H,16,17,20)/t12-/m0/s1. The van der Waals surface area contributed by atoms with Gasteiger partial charge in [0, 0.05) is 25.3 Å². The molecule has 1 atom stereocenters. The largest absolute Gasteiger partial charge is 0.325 e. The number of amides is 3. The van der Waals surface area contributed by atoms with E-state index in [0.717, 1.165) is 38.0 Å². The van der Waals surface area contributed by atoms with Crippen LogP contribution in [-0.4, -0.2) is 52.4 Å². The Hall–Kier alpha value is -2.11. The summed E-state index contributed by atoms with van der Waals surface area (Å²) in [6, 6.07) is 5.12. The summed E-state index contributed by atoms with van der Waals surface area (Å²) in [4.78, 5) is 32.5. The fourth-order valence-corrected chi connectivity index (χ4v) is 2.78. The van der Waals surface area contributed by atoms with Crippen molar-refractivity contribution in [2.45, 2.75) is 32.2 Å². The van der Waals surface area contributed by atoms with Gasteiger partial charge in [-0.05, 0) is 38.3 Å². The van der Waals surface area contributed by atoms with Crippen molar-refractivity contribution in [3.8, 4) is 0 Å². The molecule has 3 heterocycles. The third kappa shape index (κ3) is 2.84. The summed E-state index contributed by atoms with van der Waals surface area (Å²) < 4.78 is 0. The zero-order chi connectivity index (χ0) is 14.8. The Bertz CT molecular complexity index is 556. The average molecular weight is 288 g/mol. The van der Waals surface area contributed by atoms with Gasteiger partial charge in [0.15, 0.2) is 0 Å². The molecular formula is C15H20N4O2. The zero-order valence-corrected chi connectivity index (χ0v) is 12.2. The first-order valence-corrected chi connectivity index (χ1v) is 7.45. The van der Waals surface area contributed by atoms with E-state index in [4.69, 9.17) is 0 Å². The van der Waals surface area contributed by atoms with Gasteiger partial charge in [0.1, 0.15) is 11.9 Å². The highest BCUT2D eigenvalue weighted by molar-refractivity contribution is 5.96. The van der Waals surface area contributed by atoms with Crippen LogP contribution in [0.1, 0.15) is 25.0 Å². The molecule has 3 amide bonds. The molecule has 6 nitrogen and oxygen atoms in total. The summed E-state index contributed by atoms with van der Waals surface area (Å²) >= 11 is 0. The number of hydrogen-bond acceptors (Lipinski definition) is 3. The monoisotopic (exact) mass is 288 g/mol. The van der Waals surface area contributed by atoms with Crippen LogP contribution in [0, 0.1) is 6.92 Å². The quantitative estimate of drug-likeness (QED) is 0.899. The second kappa shape index (κ2) is 5.71. The summed E-state index contributed by atoms with van der Waals surface area (Å²) in [6.07, 6.45) is 2.65. The Balaban J connectivity index is 1.66. The van der Waals surface area contributed by atoms with Gasteiger partial charge >= 0.3 is 6.03 Å². The molecule has 2 aliphatic rings. The first-order valence-electron chi connectivity index (χ1n) is 7.45. The van der Waals surface area contributed by atoms with Gasteiger partial charge < -0.3 is 15.1 Å². The third-order valence-electron chi connectivity index (χ3n) is 4.07. The Kier molecular flexibility index (Phi) is 3.77. The number of carbonyl (C=O) groups is 2. The predicted octanol–water partition coefficient (Wildman–Crippen LogP) is 1.62. The van der Waals surface area contributed by atoms with Crippen molar-refractivity contribution < 1.29 is 9.59 Å². The van der Waals surface area contributed by atoms with Gasteiger partial charge in [-0.3, -0.25) is 4.79 Å². The van der Waals surface area contributed by atoms with E-state index in [1.807, 2.05) is 19.1 Å². The molecule has 0 spiro atoms. The number of nitrogens with zero attached hydrogens (tertiary/aromatic N) is 3. The van der Waals surface area contributed by atoms with Crippen LogP contribution in [0.15, 0.2) is 18.2 Å². The van der Waals surface area contributed by atoms with E-state index >= 15 is 0 Å². The minimum absolute atomic E-state index is 0.00361. The second-order valence-electron chi connectivity index (χ2n) is 5.63. The molecule has 0 aliphatic carbocycles. The summed E-state index contributed by atoms with van der Waals surface area (Å²) in [5.41, 5.74) is 0.854. The summed E-state index contributed by atoms with van der Waals surface area (Å²) in [6.45, 7) is 4.16. The van der Waals surface area contributed by atoms with Gasteiger partial charge in [-0.15, -0.1) is 0 Å². The maximum absolute atomic E-state index is 12.4. The van der Waals surface area contributed by atoms with E-state index in [1.165, 1.54) is 0 Å². The second-order valence-corrected chi connectivity index (χ2v) is 5.63. The van der Waals surface area contributed by atoms with Crippen molar-refractivity contribution >= 4 is 17.8 Å². The minimum atomic E-state index is -0.375. The Morgan fingerprint density at radius 2 is 2.05 bits per heavy atom. The van der Waals surface area contributed by atoms with Crippen LogP contribution in [0.2, 0.25) is 0 Å². The van der Waals surface area contributed by atoms with Gasteiger partial charge in [0.05, 0.1) is 0 Å². The lowest BCUT2D eigenvalue weighted by Crippen LogP contribution is -2.53. The number of hydrogen-bond donors (Lipinski definition) is 1. The summed E-state index contributed by atoms with van der Waals surface area (Å²) in [5, 5.41) is 2.82. The number of pyridine rings is 1. The molecule has 0 aromatic carbocycles. The van der Waals surface area contributed by atoms with Crippen LogP contribution in [0.5, 0.6) is 0 Å². The number of likely N-dealkylation sites (tertiary alicyclic amines) is 2. The lowest BCUT2D eigenvalue weighted by atomic mass is 10.2. The van der Waals surface area contributed by atoms with Crippen molar-refractivity contribution in [2.24, 2.45) is 0 Å². The van der Waals surface area contributed by atoms with Crippen LogP contribution in [0.4, 0.5) is 10.6 Å². The van der Waals surface area contributed by atoms with E-state index in [0.29, 0.717) is 12.4 Å². The molecule has 1 aromatic heterocycles. The number of aryl methyl sites for hydroxylation is 1. The molecule has 2 saturated heterocycles. The van der Waals surface area contributed by atoms with Crippen LogP contribution >= 0.6 is 0 Å². The summed E-state index contributed by atoms with van der Waals surface area (Å²) in [7, 11) is 0. The molecular weight excluding hydrogens is 268 g/mol. The smallest absolute Gasteiger partial charge is 0.320 e. The Labute approximate surface area is 124 Å². The van der Waals surface area contributed by atoms with E-state index in [2.05, 4.69) is 10.3 Å². The lowest BCUT2D eigenvalue weighted by Gasteiger charge is -2.36. The summed E-state index contributed by atoms with van der Waals surface area (Å²) in [5.74, 6) is 0.405. The fraction of sp³-hybridized carbons (Fsp3) is 0.533. The highest BCUT2D eigenvalue weighted by Gasteiger charge is 2.37. The molecule has 21 heavy (non-hydrogen) atoms.